The van der Waals surface area contributed by atoms with Crippen molar-refractivity contribution < 1.29 is 9.52 Å². The van der Waals surface area contributed by atoms with E-state index in [4.69, 9.17) is 16.0 Å². The molecule has 0 saturated carbocycles. The van der Waals surface area contributed by atoms with Gasteiger partial charge in [0.25, 0.3) is 0 Å². The van der Waals surface area contributed by atoms with Crippen LogP contribution in [0.15, 0.2) is 40.8 Å². The second-order valence-electron chi connectivity index (χ2n) is 7.02. The van der Waals surface area contributed by atoms with Gasteiger partial charge in [0.15, 0.2) is 0 Å². The first-order chi connectivity index (χ1) is 11.6. The molecule has 0 radical (unpaired) electrons. The molecule has 2 aliphatic rings. The zero-order valence-corrected chi connectivity index (χ0v) is 14.6. The molecule has 4 rings (SSSR count). The highest BCUT2D eigenvalue weighted by atomic mass is 35.5. The summed E-state index contributed by atoms with van der Waals surface area (Å²) in [7, 11) is 0. The highest BCUT2D eigenvalue weighted by Crippen LogP contribution is 2.31. The highest BCUT2D eigenvalue weighted by molar-refractivity contribution is 6.33. The van der Waals surface area contributed by atoms with Crippen molar-refractivity contribution in [1.29, 1.82) is 0 Å². The zero-order valence-electron chi connectivity index (χ0n) is 13.9. The highest BCUT2D eigenvalue weighted by Gasteiger charge is 2.38. The number of hydrogen-bond donors (Lipinski definition) is 1. The van der Waals surface area contributed by atoms with Gasteiger partial charge in [0.1, 0.15) is 11.5 Å². The minimum Gasteiger partial charge on any atom is -0.460 e. The number of piperazine rings is 1. The average molecular weight is 347 g/mol. The number of halogens is 1. The summed E-state index contributed by atoms with van der Waals surface area (Å²) in [6.07, 6.45) is 0.712. The van der Waals surface area contributed by atoms with Crippen LogP contribution in [0.1, 0.15) is 19.1 Å². The van der Waals surface area contributed by atoms with E-state index < -0.39 is 0 Å². The van der Waals surface area contributed by atoms with Crippen LogP contribution in [-0.2, 0) is 6.54 Å². The van der Waals surface area contributed by atoms with E-state index in [0.29, 0.717) is 17.1 Å². The Morgan fingerprint density at radius 1 is 1.17 bits per heavy atom. The molecule has 2 aliphatic heterocycles. The smallest absolute Gasteiger partial charge is 0.135 e. The van der Waals surface area contributed by atoms with E-state index in [9.17, 15) is 5.11 Å². The molecule has 2 fully saturated rings. The standard InChI is InChI=1S/C19H23ClN2O2/c1-13-9-22-11-15(23)8-14(22)10-21(13)12-16-6-7-19(24-16)17-4-2-3-5-18(17)20/h2-7,13-15,23H,8-12H2,1H3/t13-,14?,15-/m1/s1. The third-order valence-electron chi connectivity index (χ3n) is 5.23. The molecule has 0 bridgehead atoms. The lowest BCUT2D eigenvalue weighted by Gasteiger charge is -2.41. The van der Waals surface area contributed by atoms with Crippen molar-refractivity contribution in [3.8, 4) is 11.3 Å². The molecule has 1 N–H and O–H groups in total. The van der Waals surface area contributed by atoms with Gasteiger partial charge in [-0.15, -0.1) is 0 Å². The van der Waals surface area contributed by atoms with Gasteiger partial charge in [-0.3, -0.25) is 9.80 Å². The number of fused-ring (bicyclic) bond motifs is 1. The fourth-order valence-electron chi connectivity index (χ4n) is 3.97. The van der Waals surface area contributed by atoms with Gasteiger partial charge in [0, 0.05) is 37.3 Å². The molecule has 0 aliphatic carbocycles. The second kappa shape index (κ2) is 6.52. The monoisotopic (exact) mass is 346 g/mol. The maximum atomic E-state index is 9.89. The van der Waals surface area contributed by atoms with Gasteiger partial charge in [0.05, 0.1) is 17.7 Å². The Labute approximate surface area is 147 Å². The fraction of sp³-hybridized carbons (Fsp3) is 0.474. The molecule has 1 aromatic heterocycles. The van der Waals surface area contributed by atoms with Gasteiger partial charge >= 0.3 is 0 Å². The summed E-state index contributed by atoms with van der Waals surface area (Å²) in [5.74, 6) is 1.78. The molecular formula is C19H23ClN2O2. The molecule has 0 amide bonds. The van der Waals surface area contributed by atoms with Crippen LogP contribution in [-0.4, -0.2) is 52.7 Å². The van der Waals surface area contributed by atoms with Crippen molar-refractivity contribution in [2.24, 2.45) is 0 Å². The van der Waals surface area contributed by atoms with Crippen LogP contribution >= 0.6 is 11.6 Å². The molecule has 1 unspecified atom stereocenters. The van der Waals surface area contributed by atoms with Crippen LogP contribution in [0.3, 0.4) is 0 Å². The van der Waals surface area contributed by atoms with Crippen molar-refractivity contribution in [1.82, 2.24) is 9.80 Å². The number of nitrogens with zero attached hydrogens (tertiary/aromatic N) is 2. The Bertz CT molecular complexity index is 717. The zero-order chi connectivity index (χ0) is 16.7. The quantitative estimate of drug-likeness (QED) is 0.926. The maximum Gasteiger partial charge on any atom is 0.135 e. The average Bonchev–Trinajstić information content (AvgIpc) is 3.14. The number of hydrogen-bond acceptors (Lipinski definition) is 4. The number of aliphatic hydroxyl groups excluding tert-OH is 1. The summed E-state index contributed by atoms with van der Waals surface area (Å²) in [5.41, 5.74) is 0.933. The van der Waals surface area contributed by atoms with Gasteiger partial charge < -0.3 is 9.52 Å². The van der Waals surface area contributed by atoms with E-state index in [1.54, 1.807) is 0 Å². The van der Waals surface area contributed by atoms with Crippen molar-refractivity contribution in [2.45, 2.75) is 38.1 Å². The molecule has 128 valence electrons. The maximum absolute atomic E-state index is 9.89. The Hall–Kier alpha value is -1.33. The summed E-state index contributed by atoms with van der Waals surface area (Å²) in [6, 6.07) is 12.7. The van der Waals surface area contributed by atoms with Crippen LogP contribution in [0.2, 0.25) is 5.02 Å². The summed E-state index contributed by atoms with van der Waals surface area (Å²) in [4.78, 5) is 4.87. The van der Waals surface area contributed by atoms with Crippen molar-refractivity contribution in [3.05, 3.63) is 47.2 Å². The van der Waals surface area contributed by atoms with Crippen molar-refractivity contribution >= 4 is 11.6 Å². The summed E-state index contributed by atoms with van der Waals surface area (Å²) in [6.45, 7) is 5.87. The molecule has 2 saturated heterocycles. The first-order valence-electron chi connectivity index (χ1n) is 8.60. The third kappa shape index (κ3) is 3.11. The number of rotatable bonds is 3. The fourth-order valence-corrected chi connectivity index (χ4v) is 4.19. The molecule has 3 atom stereocenters. The van der Waals surface area contributed by atoms with Crippen molar-refractivity contribution in [3.63, 3.8) is 0 Å². The Morgan fingerprint density at radius 2 is 2.00 bits per heavy atom. The van der Waals surface area contributed by atoms with Crippen molar-refractivity contribution in [2.75, 3.05) is 19.6 Å². The minimum atomic E-state index is -0.169. The van der Waals surface area contributed by atoms with E-state index in [-0.39, 0.29) is 6.10 Å². The van der Waals surface area contributed by atoms with E-state index in [2.05, 4.69) is 16.7 Å². The molecular weight excluding hydrogens is 324 g/mol. The summed E-state index contributed by atoms with van der Waals surface area (Å²) < 4.78 is 6.04. The van der Waals surface area contributed by atoms with Gasteiger partial charge in [-0.05, 0) is 37.6 Å². The van der Waals surface area contributed by atoms with E-state index >= 15 is 0 Å². The minimum absolute atomic E-state index is 0.169. The molecule has 2 aromatic rings. The predicted octanol–water partition coefficient (Wildman–Crippen LogP) is 3.24. The summed E-state index contributed by atoms with van der Waals surface area (Å²) in [5, 5.41) is 10.6. The molecule has 4 nitrogen and oxygen atoms in total. The number of furan rings is 1. The van der Waals surface area contributed by atoms with Crippen LogP contribution in [0.4, 0.5) is 0 Å². The molecule has 24 heavy (non-hydrogen) atoms. The molecule has 5 heteroatoms. The lowest BCUT2D eigenvalue weighted by molar-refractivity contribution is 0.0485. The van der Waals surface area contributed by atoms with Crippen LogP contribution in [0.5, 0.6) is 0 Å². The topological polar surface area (TPSA) is 39.9 Å². The lowest BCUT2D eigenvalue weighted by Crippen LogP contribution is -2.54. The van der Waals surface area contributed by atoms with E-state index in [1.165, 1.54) is 0 Å². The third-order valence-corrected chi connectivity index (χ3v) is 5.56. The van der Waals surface area contributed by atoms with E-state index in [0.717, 1.165) is 49.7 Å². The SMILES string of the molecule is C[C@@H]1CN2C[C@H](O)CC2CN1Cc1ccc(-c2ccccc2Cl)o1. The Kier molecular flexibility index (Phi) is 4.39. The largest absolute Gasteiger partial charge is 0.460 e. The number of aliphatic hydroxyl groups is 1. The van der Waals surface area contributed by atoms with Crippen LogP contribution < -0.4 is 0 Å². The first kappa shape index (κ1) is 16.2. The molecule has 0 spiro atoms. The van der Waals surface area contributed by atoms with Gasteiger partial charge in [-0.2, -0.15) is 0 Å². The van der Waals surface area contributed by atoms with Crippen LogP contribution in [0, 0.1) is 0 Å². The Morgan fingerprint density at radius 3 is 2.83 bits per heavy atom. The lowest BCUT2D eigenvalue weighted by atomic mass is 10.1. The van der Waals surface area contributed by atoms with E-state index in [1.807, 2.05) is 36.4 Å². The normalized spacial score (nSPS) is 28.2. The van der Waals surface area contributed by atoms with Gasteiger partial charge in [-0.25, -0.2) is 0 Å². The summed E-state index contributed by atoms with van der Waals surface area (Å²) >= 11 is 6.26. The predicted molar refractivity (Wildman–Crippen MR) is 95.0 cm³/mol. The molecule has 3 heterocycles. The van der Waals surface area contributed by atoms with Gasteiger partial charge in [0.2, 0.25) is 0 Å². The molecule has 1 aromatic carbocycles. The van der Waals surface area contributed by atoms with Crippen LogP contribution in [0.25, 0.3) is 11.3 Å². The first-order valence-corrected chi connectivity index (χ1v) is 8.97. The Balaban J connectivity index is 1.47. The van der Waals surface area contributed by atoms with Gasteiger partial charge in [-0.1, -0.05) is 23.7 Å². The second-order valence-corrected chi connectivity index (χ2v) is 7.43. The number of benzene rings is 1.